The van der Waals surface area contributed by atoms with Crippen LogP contribution in [0, 0.1) is 0 Å². The number of hydrogen-bond acceptors (Lipinski definition) is 3. The summed E-state index contributed by atoms with van der Waals surface area (Å²) in [5, 5.41) is 1.01. The van der Waals surface area contributed by atoms with Crippen molar-refractivity contribution in [1.82, 2.24) is 0 Å². The first kappa shape index (κ1) is 12.1. The van der Waals surface area contributed by atoms with Gasteiger partial charge < -0.3 is 8.83 Å². The minimum absolute atomic E-state index is 0.200. The van der Waals surface area contributed by atoms with Crippen LogP contribution in [0.3, 0.4) is 0 Å². The predicted molar refractivity (Wildman–Crippen MR) is 72.7 cm³/mol. The van der Waals surface area contributed by atoms with Crippen molar-refractivity contribution in [2.75, 3.05) is 0 Å². The molecule has 0 N–H and O–H groups in total. The third-order valence-electron chi connectivity index (χ3n) is 3.01. The molecule has 0 aliphatic carbocycles. The van der Waals surface area contributed by atoms with Crippen molar-refractivity contribution in [1.29, 1.82) is 0 Å². The Labute approximate surface area is 114 Å². The maximum Gasteiger partial charge on any atom is 0.232 e. The lowest BCUT2D eigenvalue weighted by atomic mass is 10.0. The van der Waals surface area contributed by atoms with Crippen molar-refractivity contribution in [2.24, 2.45) is 0 Å². The van der Waals surface area contributed by atoms with E-state index in [2.05, 4.69) is 0 Å². The molecule has 1 aromatic carbocycles. The van der Waals surface area contributed by atoms with E-state index in [-0.39, 0.29) is 16.8 Å². The van der Waals surface area contributed by atoms with Gasteiger partial charge in [-0.3, -0.25) is 4.79 Å². The van der Waals surface area contributed by atoms with Gasteiger partial charge in [-0.1, -0.05) is 25.1 Å². The number of aryl methyl sites for hydroxylation is 1. The number of hydrogen-bond donors (Lipinski definition) is 0. The summed E-state index contributed by atoms with van der Waals surface area (Å²) in [5.74, 6) is 0.693. The van der Waals surface area contributed by atoms with Gasteiger partial charge in [-0.25, -0.2) is 0 Å². The molecule has 3 aromatic rings. The highest BCUT2D eigenvalue weighted by molar-refractivity contribution is 6.29. The number of carbonyl (C=O) groups excluding carboxylic acids is 1. The average molecular weight is 275 g/mol. The van der Waals surface area contributed by atoms with Gasteiger partial charge in [-0.2, -0.15) is 0 Å². The molecular weight excluding hydrogens is 264 g/mol. The first-order valence-electron chi connectivity index (χ1n) is 6.01. The highest BCUT2D eigenvalue weighted by atomic mass is 35.5. The summed E-state index contributed by atoms with van der Waals surface area (Å²) in [7, 11) is 0. The van der Waals surface area contributed by atoms with Gasteiger partial charge in [0.25, 0.3) is 0 Å². The first-order valence-corrected chi connectivity index (χ1v) is 6.39. The lowest BCUT2D eigenvalue weighted by Gasteiger charge is -1.97. The fraction of sp³-hybridized carbons (Fsp3) is 0.133. The Balaban J connectivity index is 2.21. The van der Waals surface area contributed by atoms with Crippen LogP contribution in [0.25, 0.3) is 11.0 Å². The largest absolute Gasteiger partial charge is 0.460 e. The van der Waals surface area contributed by atoms with E-state index < -0.39 is 0 Å². The van der Waals surface area contributed by atoms with Crippen LogP contribution in [0.2, 0.25) is 5.22 Å². The Hall–Kier alpha value is -2.00. The number of carbonyl (C=O) groups is 1. The molecule has 2 heterocycles. The molecule has 0 atom stereocenters. The van der Waals surface area contributed by atoms with Crippen LogP contribution in [-0.4, -0.2) is 5.78 Å². The van der Waals surface area contributed by atoms with Crippen LogP contribution in [0.1, 0.15) is 28.8 Å². The molecule has 96 valence electrons. The third-order valence-corrected chi connectivity index (χ3v) is 3.22. The Kier molecular flexibility index (Phi) is 2.91. The predicted octanol–water partition coefficient (Wildman–Crippen LogP) is 4.47. The van der Waals surface area contributed by atoms with Gasteiger partial charge in [0.15, 0.2) is 11.0 Å². The van der Waals surface area contributed by atoms with Gasteiger partial charge in [0.05, 0.1) is 5.56 Å². The average Bonchev–Trinajstić information content (AvgIpc) is 3.01. The van der Waals surface area contributed by atoms with Gasteiger partial charge in [0, 0.05) is 11.8 Å². The first-order chi connectivity index (χ1) is 9.20. The zero-order chi connectivity index (χ0) is 13.4. The van der Waals surface area contributed by atoms with Crippen LogP contribution in [0.5, 0.6) is 0 Å². The second kappa shape index (κ2) is 4.59. The van der Waals surface area contributed by atoms with E-state index >= 15 is 0 Å². The molecule has 0 saturated heterocycles. The van der Waals surface area contributed by atoms with Gasteiger partial charge in [-0.15, -0.1) is 0 Å². The topological polar surface area (TPSA) is 43.4 Å². The van der Waals surface area contributed by atoms with E-state index in [1.165, 1.54) is 0 Å². The summed E-state index contributed by atoms with van der Waals surface area (Å²) in [6.45, 7) is 1.95. The molecule has 3 nitrogen and oxygen atoms in total. The number of benzene rings is 1. The van der Waals surface area contributed by atoms with E-state index in [1.807, 2.05) is 31.2 Å². The van der Waals surface area contributed by atoms with E-state index in [9.17, 15) is 4.79 Å². The highest BCUT2D eigenvalue weighted by Gasteiger charge is 2.23. The highest BCUT2D eigenvalue weighted by Crippen LogP contribution is 2.29. The molecule has 4 heteroatoms. The van der Waals surface area contributed by atoms with Gasteiger partial charge in [-0.05, 0) is 29.8 Å². The Morgan fingerprint density at radius 1 is 1.16 bits per heavy atom. The van der Waals surface area contributed by atoms with Crippen LogP contribution in [0.15, 0.2) is 45.2 Å². The molecule has 0 radical (unpaired) electrons. The number of rotatable bonds is 3. The molecule has 0 spiro atoms. The third kappa shape index (κ3) is 1.96. The second-order valence-corrected chi connectivity index (χ2v) is 4.56. The lowest BCUT2D eigenvalue weighted by Crippen LogP contribution is -2.01. The summed E-state index contributed by atoms with van der Waals surface area (Å²) < 4.78 is 10.9. The molecule has 0 aliphatic rings. The molecule has 0 aliphatic heterocycles. The van der Waals surface area contributed by atoms with Gasteiger partial charge in [0.1, 0.15) is 11.3 Å². The van der Waals surface area contributed by atoms with E-state index in [0.717, 1.165) is 5.39 Å². The summed E-state index contributed by atoms with van der Waals surface area (Å²) >= 11 is 5.72. The standard InChI is InChI=1S/C15H11ClO3/c1-2-10-14(9-5-3-4-6-11(9)18-10)15(17)12-7-8-13(16)19-12/h3-8H,2H2,1H3. The van der Waals surface area contributed by atoms with Crippen molar-refractivity contribution in [2.45, 2.75) is 13.3 Å². The van der Waals surface area contributed by atoms with Crippen molar-refractivity contribution in [3.8, 4) is 0 Å². The normalized spacial score (nSPS) is 11.1. The fourth-order valence-electron chi connectivity index (χ4n) is 2.15. The SMILES string of the molecule is CCc1oc2ccccc2c1C(=O)c1ccc(Cl)o1. The smallest absolute Gasteiger partial charge is 0.232 e. The molecule has 19 heavy (non-hydrogen) atoms. The van der Waals surface area contributed by atoms with Crippen molar-refractivity contribution in [3.63, 3.8) is 0 Å². The number of ketones is 1. The van der Waals surface area contributed by atoms with Crippen LogP contribution < -0.4 is 0 Å². The molecule has 0 saturated carbocycles. The quantitative estimate of drug-likeness (QED) is 0.662. The molecule has 0 unspecified atom stereocenters. The van der Waals surface area contributed by atoms with Crippen molar-refractivity contribution < 1.29 is 13.6 Å². The maximum atomic E-state index is 12.5. The molecule has 2 aromatic heterocycles. The molecule has 0 fully saturated rings. The summed E-state index contributed by atoms with van der Waals surface area (Å²) in [6, 6.07) is 10.6. The minimum atomic E-state index is -0.200. The van der Waals surface area contributed by atoms with Crippen LogP contribution >= 0.6 is 11.6 Å². The maximum absolute atomic E-state index is 12.5. The molecule has 3 rings (SSSR count). The van der Waals surface area contributed by atoms with E-state index in [4.69, 9.17) is 20.4 Å². The number of fused-ring (bicyclic) bond motifs is 1. The number of halogens is 1. The molecular formula is C15H11ClO3. The Bertz CT molecular complexity index is 752. The summed E-state index contributed by atoms with van der Waals surface area (Å²) in [5.41, 5.74) is 1.27. The summed E-state index contributed by atoms with van der Waals surface area (Å²) in [6.07, 6.45) is 0.643. The summed E-state index contributed by atoms with van der Waals surface area (Å²) in [4.78, 5) is 12.5. The van der Waals surface area contributed by atoms with Gasteiger partial charge >= 0.3 is 0 Å². The van der Waals surface area contributed by atoms with Gasteiger partial charge in [0.2, 0.25) is 5.78 Å². The van der Waals surface area contributed by atoms with Crippen molar-refractivity contribution in [3.05, 3.63) is 58.7 Å². The molecule has 0 bridgehead atoms. The zero-order valence-corrected chi connectivity index (χ0v) is 11.0. The van der Waals surface area contributed by atoms with Crippen LogP contribution in [0.4, 0.5) is 0 Å². The van der Waals surface area contributed by atoms with E-state index in [1.54, 1.807) is 12.1 Å². The van der Waals surface area contributed by atoms with E-state index in [0.29, 0.717) is 23.3 Å². The van der Waals surface area contributed by atoms with Crippen LogP contribution in [-0.2, 0) is 6.42 Å². The Morgan fingerprint density at radius 3 is 2.63 bits per heavy atom. The molecule has 0 amide bonds. The minimum Gasteiger partial charge on any atom is -0.460 e. The second-order valence-electron chi connectivity index (χ2n) is 4.18. The number of furan rings is 2. The lowest BCUT2D eigenvalue weighted by molar-refractivity contribution is 0.101. The fourth-order valence-corrected chi connectivity index (χ4v) is 2.30. The zero-order valence-electron chi connectivity index (χ0n) is 10.3. The van der Waals surface area contributed by atoms with Crippen molar-refractivity contribution >= 4 is 28.4 Å². The Morgan fingerprint density at radius 2 is 1.95 bits per heavy atom. The number of para-hydroxylation sites is 1. The monoisotopic (exact) mass is 274 g/mol.